The summed E-state index contributed by atoms with van der Waals surface area (Å²) in [6, 6.07) is 3.45. The molecule has 12 nitrogen and oxygen atoms in total. The molecule has 0 spiro atoms. The number of hydrogen-bond donors (Lipinski definition) is 1. The highest BCUT2D eigenvalue weighted by Gasteiger charge is 2.71. The molecule has 4 bridgehead atoms. The van der Waals surface area contributed by atoms with Gasteiger partial charge in [-0.15, -0.1) is 0 Å². The van der Waals surface area contributed by atoms with Gasteiger partial charge in [-0.2, -0.15) is 0 Å². The molecule has 0 aromatic rings. The molecule has 3 rings (SSSR count). The average Bonchev–Trinajstić information content (AvgIpc) is 2.73. The van der Waals surface area contributed by atoms with Crippen LogP contribution in [0.25, 0.3) is 0 Å². The Kier molecular flexibility index (Phi) is 10.3. The van der Waals surface area contributed by atoms with Crippen LogP contribution in [0.5, 0.6) is 0 Å². The molecule has 0 aromatic heterocycles. The smallest absolute Gasteiger partial charge is 0.436 e. The molecule has 230 valence electrons. The second kappa shape index (κ2) is 11.4. The van der Waals surface area contributed by atoms with E-state index in [2.05, 4.69) is 34.2 Å². The van der Waals surface area contributed by atoms with Crippen LogP contribution in [0, 0.1) is 0 Å². The zero-order chi connectivity index (χ0) is 29.8. The van der Waals surface area contributed by atoms with Crippen molar-refractivity contribution >= 4 is 78.0 Å². The van der Waals surface area contributed by atoms with Crippen molar-refractivity contribution in [3.63, 3.8) is 0 Å². The lowest BCUT2D eigenvalue weighted by atomic mass is 10.9. The van der Waals surface area contributed by atoms with Crippen LogP contribution in [0.2, 0.25) is 82.2 Å². The minimum Gasteiger partial charge on any atom is -0.436 e. The van der Waals surface area contributed by atoms with Crippen LogP contribution in [-0.4, -0.2) is 89.9 Å². The lowest BCUT2D eigenvalue weighted by Crippen LogP contribution is -2.79. The zero-order valence-electron chi connectivity index (χ0n) is 26.0. The molecule has 0 radical (unpaired) electrons. The first-order valence-corrected chi connectivity index (χ1v) is 35.1. The van der Waals surface area contributed by atoms with Crippen LogP contribution >= 0.6 is 0 Å². The molecule has 3 aliphatic heterocycles. The molecule has 0 saturated carbocycles. The Bertz CT molecular complexity index is 902. The summed E-state index contributed by atoms with van der Waals surface area (Å²) in [5.41, 5.74) is 0.413. The Balaban J connectivity index is 2.17. The average molecular weight is 711 g/mol. The lowest BCUT2D eigenvalue weighted by Gasteiger charge is -2.56. The van der Waals surface area contributed by atoms with Crippen molar-refractivity contribution in [1.29, 1.82) is 0 Å². The van der Waals surface area contributed by atoms with Gasteiger partial charge in [0.2, 0.25) is 0 Å². The maximum absolute atomic E-state index is 11.4. The molecule has 0 amide bonds. The summed E-state index contributed by atoms with van der Waals surface area (Å²) < 4.78 is 73.0. The first-order valence-electron chi connectivity index (χ1n) is 13.9. The van der Waals surface area contributed by atoms with Crippen LogP contribution in [0.15, 0.2) is 0 Å². The standard InChI is InChI=1S/C18H50O12Si9/c1-14-31(6,15-2)21-39(16-3,17-4)30-38(13)25-32(7)18-33(8)23-36(11,28-35(10,20-5)22-32)26-34(9,19)27-37(12,24-33)29-38/h19H,14-18H2,1-13H3/t32-,33+,34?,35+,36?,37?,38?/m1/s1. The van der Waals surface area contributed by atoms with Crippen molar-refractivity contribution < 1.29 is 50.4 Å². The van der Waals surface area contributed by atoms with E-state index in [9.17, 15) is 4.80 Å². The van der Waals surface area contributed by atoms with Gasteiger partial charge in [0.05, 0.1) is 0 Å². The number of fused-ring (bicyclic) bond motifs is 3. The SMILES string of the molecule is CC[Si](C)(CC)O[Si](CC)(CC)O[Si]1(C)O[Si]2(C)O[Si](C)(O)O[Si]3(C)O[Si@](C)(C[Si@@](C)(O1)O[Si@](C)(OC)O3)O2. The van der Waals surface area contributed by atoms with Crippen molar-refractivity contribution in [2.75, 3.05) is 7.11 Å². The molecule has 39 heavy (non-hydrogen) atoms. The van der Waals surface area contributed by atoms with Gasteiger partial charge in [-0.05, 0) is 43.8 Å². The second-order valence-electron chi connectivity index (χ2n) is 11.8. The normalized spacial score (nSPS) is 45.7. The van der Waals surface area contributed by atoms with Gasteiger partial charge in [-0.3, -0.25) is 0 Å². The minimum atomic E-state index is -3.87. The van der Waals surface area contributed by atoms with E-state index in [1.807, 2.05) is 19.6 Å². The summed E-state index contributed by atoms with van der Waals surface area (Å²) in [6.07, 6.45) is 0. The molecular formula is C18H50O12Si9. The van der Waals surface area contributed by atoms with Gasteiger partial charge in [-0.1, -0.05) is 27.7 Å². The van der Waals surface area contributed by atoms with E-state index in [-0.39, 0.29) is 0 Å². The largest absolute Gasteiger partial charge is 0.481 e. The van der Waals surface area contributed by atoms with Crippen molar-refractivity contribution in [2.24, 2.45) is 0 Å². The van der Waals surface area contributed by atoms with E-state index >= 15 is 0 Å². The van der Waals surface area contributed by atoms with Crippen LogP contribution in [0.4, 0.5) is 0 Å². The fourth-order valence-corrected chi connectivity index (χ4v) is 56.6. The van der Waals surface area contributed by atoms with E-state index in [0.717, 1.165) is 24.2 Å². The fourth-order valence-electron chi connectivity index (χ4n) is 5.75. The van der Waals surface area contributed by atoms with E-state index in [1.165, 1.54) is 6.55 Å². The molecule has 7 atom stereocenters. The van der Waals surface area contributed by atoms with Crippen LogP contribution in [0.1, 0.15) is 27.7 Å². The Morgan fingerprint density at radius 3 is 1.51 bits per heavy atom. The van der Waals surface area contributed by atoms with Gasteiger partial charge in [-0.25, -0.2) is 0 Å². The third-order valence-corrected chi connectivity index (χ3v) is 49.7. The number of hydrogen-bond acceptors (Lipinski definition) is 12. The van der Waals surface area contributed by atoms with Gasteiger partial charge >= 0.3 is 69.7 Å². The predicted molar refractivity (Wildman–Crippen MR) is 166 cm³/mol. The highest BCUT2D eigenvalue weighted by atomic mass is 28.6. The van der Waals surface area contributed by atoms with Crippen LogP contribution < -0.4 is 0 Å². The summed E-state index contributed by atoms with van der Waals surface area (Å²) >= 11 is 0. The van der Waals surface area contributed by atoms with Gasteiger partial charge < -0.3 is 50.4 Å². The van der Waals surface area contributed by atoms with Crippen molar-refractivity contribution in [3.8, 4) is 0 Å². The van der Waals surface area contributed by atoms with E-state index in [1.54, 1.807) is 26.8 Å². The van der Waals surface area contributed by atoms with E-state index < -0.39 is 78.0 Å². The Morgan fingerprint density at radius 2 is 1.08 bits per heavy atom. The fraction of sp³-hybridized carbons (Fsp3) is 1.00. The van der Waals surface area contributed by atoms with Crippen LogP contribution in [-0.2, 0) is 45.6 Å². The molecule has 3 fully saturated rings. The summed E-state index contributed by atoms with van der Waals surface area (Å²) in [5.74, 6) is 0. The first-order chi connectivity index (χ1) is 17.6. The maximum Gasteiger partial charge on any atom is 0.481 e. The third kappa shape index (κ3) is 8.15. The third-order valence-electron chi connectivity index (χ3n) is 7.49. The molecule has 3 aliphatic rings. The molecule has 0 aromatic carbocycles. The monoisotopic (exact) mass is 710 g/mol. The zero-order valence-corrected chi connectivity index (χ0v) is 35.0. The molecular weight excluding hydrogens is 661 g/mol. The van der Waals surface area contributed by atoms with Crippen molar-refractivity contribution in [3.05, 3.63) is 0 Å². The summed E-state index contributed by atoms with van der Waals surface area (Å²) in [5, 5.41) is 0. The quantitative estimate of drug-likeness (QED) is 0.340. The van der Waals surface area contributed by atoms with Crippen molar-refractivity contribution in [1.82, 2.24) is 0 Å². The molecule has 0 aliphatic carbocycles. The predicted octanol–water partition coefficient (Wildman–Crippen LogP) is 4.46. The van der Waals surface area contributed by atoms with E-state index in [4.69, 9.17) is 45.6 Å². The van der Waals surface area contributed by atoms with E-state index in [0.29, 0.717) is 5.67 Å². The molecule has 21 heteroatoms. The molecule has 3 heterocycles. The topological polar surface area (TPSA) is 122 Å². The maximum atomic E-state index is 11.4. The van der Waals surface area contributed by atoms with Gasteiger partial charge in [0, 0.05) is 45.5 Å². The molecule has 1 N–H and O–H groups in total. The highest BCUT2D eigenvalue weighted by molar-refractivity contribution is 7.02. The van der Waals surface area contributed by atoms with Gasteiger partial charge in [0.15, 0.2) is 8.32 Å². The van der Waals surface area contributed by atoms with Crippen LogP contribution in [0.3, 0.4) is 0 Å². The summed E-state index contributed by atoms with van der Waals surface area (Å²) in [6.45, 7) is 23.5. The van der Waals surface area contributed by atoms with Gasteiger partial charge in [0.25, 0.3) is 0 Å². The van der Waals surface area contributed by atoms with Gasteiger partial charge in [0.1, 0.15) is 0 Å². The second-order valence-corrected chi connectivity index (χ2v) is 42.6. The number of rotatable bonds is 9. The van der Waals surface area contributed by atoms with Crippen molar-refractivity contribution in [2.45, 2.75) is 110 Å². The lowest BCUT2D eigenvalue weighted by molar-refractivity contribution is 0.0621. The highest BCUT2D eigenvalue weighted by Crippen LogP contribution is 2.44. The Labute approximate surface area is 244 Å². The first kappa shape index (κ1) is 35.0. The summed E-state index contributed by atoms with van der Waals surface area (Å²) in [7, 11) is -27.5. The molecule has 3 saturated heterocycles. The molecule has 4 unspecified atom stereocenters. The Morgan fingerprint density at radius 1 is 0.641 bits per heavy atom. The Hall–Kier alpha value is 1.47. The summed E-state index contributed by atoms with van der Waals surface area (Å²) in [4.78, 5) is 11.4. The minimum absolute atomic E-state index is 0.413.